The predicted molar refractivity (Wildman–Crippen MR) is 120 cm³/mol. The Morgan fingerprint density at radius 2 is 1.94 bits per heavy atom. The molecule has 0 bridgehead atoms. The molecule has 2 aliphatic heterocycles. The Morgan fingerprint density at radius 1 is 1.19 bits per heavy atom. The smallest absolute Gasteiger partial charge is 0.261 e. The first-order valence-corrected chi connectivity index (χ1v) is 11.0. The third kappa shape index (κ3) is 4.41. The molecule has 0 aliphatic carbocycles. The molecule has 0 spiro atoms. The summed E-state index contributed by atoms with van der Waals surface area (Å²) in [6, 6.07) is 6.16. The van der Waals surface area contributed by atoms with Crippen LogP contribution in [0.2, 0.25) is 0 Å². The first-order valence-electron chi connectivity index (χ1n) is 11.0. The van der Waals surface area contributed by atoms with Crippen LogP contribution in [0.25, 0.3) is 0 Å². The van der Waals surface area contributed by atoms with Gasteiger partial charge in [-0.05, 0) is 37.6 Å². The third-order valence-electron chi connectivity index (χ3n) is 6.21. The Labute approximate surface area is 187 Å². The molecule has 4 rings (SSSR count). The third-order valence-corrected chi connectivity index (χ3v) is 6.21. The summed E-state index contributed by atoms with van der Waals surface area (Å²) in [4.78, 5) is 39.5. The van der Waals surface area contributed by atoms with Gasteiger partial charge < -0.3 is 9.80 Å². The van der Waals surface area contributed by atoms with Gasteiger partial charge in [0.25, 0.3) is 5.91 Å². The first kappa shape index (κ1) is 22.1. The Balaban J connectivity index is 1.40. The fourth-order valence-corrected chi connectivity index (χ4v) is 4.52. The molecule has 1 fully saturated rings. The summed E-state index contributed by atoms with van der Waals surface area (Å²) in [7, 11) is 0. The highest BCUT2D eigenvalue weighted by molar-refractivity contribution is 5.97. The van der Waals surface area contributed by atoms with Crippen LogP contribution in [0.4, 0.5) is 10.1 Å². The van der Waals surface area contributed by atoms with E-state index in [1.54, 1.807) is 21.9 Å². The maximum absolute atomic E-state index is 13.7. The van der Waals surface area contributed by atoms with Crippen LogP contribution in [0.15, 0.2) is 42.4 Å². The first-order chi connectivity index (χ1) is 15.4. The lowest BCUT2D eigenvalue weighted by Crippen LogP contribution is -2.38. The molecule has 32 heavy (non-hydrogen) atoms. The van der Waals surface area contributed by atoms with E-state index >= 15 is 0 Å². The second-order valence-corrected chi connectivity index (χ2v) is 8.39. The van der Waals surface area contributed by atoms with Crippen molar-refractivity contribution in [2.45, 2.75) is 27.2 Å². The van der Waals surface area contributed by atoms with Gasteiger partial charge in [0.15, 0.2) is 0 Å². The number of hydrogen-bond donors (Lipinski definition) is 0. The highest BCUT2D eigenvalue weighted by Crippen LogP contribution is 2.31. The molecule has 0 N–H and O–H groups in total. The highest BCUT2D eigenvalue weighted by atomic mass is 19.1. The molecule has 0 saturated carbocycles. The molecule has 168 valence electrons. The predicted octanol–water partition coefficient (Wildman–Crippen LogP) is 2.95. The normalized spacial score (nSPS) is 17.9. The van der Waals surface area contributed by atoms with E-state index in [9.17, 15) is 14.0 Å². The van der Waals surface area contributed by atoms with Crippen LogP contribution in [-0.4, -0.2) is 64.3 Å². The highest BCUT2D eigenvalue weighted by Gasteiger charge is 2.36. The van der Waals surface area contributed by atoms with Gasteiger partial charge in [0.05, 0.1) is 17.0 Å². The van der Waals surface area contributed by atoms with Gasteiger partial charge in [-0.3, -0.25) is 14.5 Å². The molecule has 1 aromatic carbocycles. The molecule has 1 aromatic heterocycles. The Morgan fingerprint density at radius 3 is 2.59 bits per heavy atom. The number of carbonyl (C=O) groups is 2. The van der Waals surface area contributed by atoms with E-state index < -0.39 is 0 Å². The van der Waals surface area contributed by atoms with Crippen molar-refractivity contribution in [3.05, 3.63) is 65.1 Å². The van der Waals surface area contributed by atoms with Gasteiger partial charge in [-0.2, -0.15) is 0 Å². The van der Waals surface area contributed by atoms with Crippen molar-refractivity contribution < 1.29 is 14.0 Å². The molecule has 0 radical (unpaired) electrons. The standard InChI is InChI=1S/C24H28FN5O2/c1-4-22(31)30(21-7-5-6-20(25)10-21)9-8-28-11-18-13-29(14-19(18)12-28)24(32)23-16(2)26-15-27-17(23)3/h5-7,10,13,15,19H,4,8-9,11-12,14H2,1-3H3. The van der Waals surface area contributed by atoms with Crippen LogP contribution < -0.4 is 4.90 Å². The van der Waals surface area contributed by atoms with Gasteiger partial charge >= 0.3 is 0 Å². The molecular weight excluding hydrogens is 409 g/mol. The summed E-state index contributed by atoms with van der Waals surface area (Å²) in [5, 5.41) is 0. The van der Waals surface area contributed by atoms with Crippen molar-refractivity contribution in [3.63, 3.8) is 0 Å². The van der Waals surface area contributed by atoms with Crippen molar-refractivity contribution in [1.29, 1.82) is 0 Å². The number of carbonyl (C=O) groups excluding carboxylic acids is 2. The summed E-state index contributed by atoms with van der Waals surface area (Å²) in [6.07, 6.45) is 3.80. The minimum Gasteiger partial charge on any atom is -0.314 e. The van der Waals surface area contributed by atoms with Crippen LogP contribution in [0, 0.1) is 25.6 Å². The topological polar surface area (TPSA) is 69.6 Å². The van der Waals surface area contributed by atoms with Crippen LogP contribution in [0.5, 0.6) is 0 Å². The molecule has 2 amide bonds. The number of hydrogen-bond acceptors (Lipinski definition) is 5. The number of nitrogens with zero attached hydrogens (tertiary/aromatic N) is 5. The van der Waals surface area contributed by atoms with Crippen molar-refractivity contribution in [3.8, 4) is 0 Å². The molecule has 7 nitrogen and oxygen atoms in total. The monoisotopic (exact) mass is 437 g/mol. The van der Waals surface area contributed by atoms with Crippen molar-refractivity contribution in [1.82, 2.24) is 19.8 Å². The molecular formula is C24H28FN5O2. The van der Waals surface area contributed by atoms with E-state index in [0.717, 1.165) is 13.1 Å². The number of anilines is 1. The second kappa shape index (κ2) is 9.16. The van der Waals surface area contributed by atoms with Gasteiger partial charge in [-0.15, -0.1) is 0 Å². The maximum atomic E-state index is 13.7. The molecule has 1 saturated heterocycles. The average molecular weight is 438 g/mol. The largest absolute Gasteiger partial charge is 0.314 e. The number of halogens is 1. The number of likely N-dealkylation sites (tertiary alicyclic amines) is 1. The summed E-state index contributed by atoms with van der Waals surface area (Å²) in [5.74, 6) is -0.147. The molecule has 1 unspecified atom stereocenters. The van der Waals surface area contributed by atoms with Crippen molar-refractivity contribution >= 4 is 17.5 Å². The quantitative estimate of drug-likeness (QED) is 0.695. The zero-order valence-electron chi connectivity index (χ0n) is 18.7. The van der Waals surface area contributed by atoms with Gasteiger partial charge in [0.1, 0.15) is 12.1 Å². The Bertz CT molecular complexity index is 1050. The van der Waals surface area contributed by atoms with Gasteiger partial charge in [0, 0.05) is 56.9 Å². The van der Waals surface area contributed by atoms with Gasteiger partial charge in [-0.25, -0.2) is 14.4 Å². The van der Waals surface area contributed by atoms with Crippen molar-refractivity contribution in [2.75, 3.05) is 37.6 Å². The fraction of sp³-hybridized carbons (Fsp3) is 0.417. The molecule has 1 atom stereocenters. The minimum atomic E-state index is -0.351. The van der Waals surface area contributed by atoms with E-state index in [-0.39, 0.29) is 23.5 Å². The fourth-order valence-electron chi connectivity index (χ4n) is 4.52. The molecule has 8 heteroatoms. The minimum absolute atomic E-state index is 0.0261. The van der Waals surface area contributed by atoms with E-state index in [2.05, 4.69) is 14.9 Å². The number of amides is 2. The number of aromatic nitrogens is 2. The Kier molecular flexibility index (Phi) is 6.32. The summed E-state index contributed by atoms with van der Waals surface area (Å²) in [6.45, 7) is 8.89. The van der Waals surface area contributed by atoms with E-state index in [1.165, 1.54) is 24.0 Å². The van der Waals surface area contributed by atoms with Crippen molar-refractivity contribution in [2.24, 2.45) is 5.92 Å². The zero-order valence-corrected chi connectivity index (χ0v) is 18.7. The molecule has 3 heterocycles. The SMILES string of the molecule is CCC(=O)N(CCN1CC2=CN(C(=O)c3c(C)ncnc3C)CC2C1)c1cccc(F)c1. The number of benzene rings is 1. The number of rotatable bonds is 6. The van der Waals surface area contributed by atoms with E-state index in [4.69, 9.17) is 0 Å². The lowest BCUT2D eigenvalue weighted by molar-refractivity contribution is -0.118. The summed E-state index contributed by atoms with van der Waals surface area (Å²) in [5.41, 5.74) is 3.77. The van der Waals surface area contributed by atoms with E-state index in [0.29, 0.717) is 48.7 Å². The summed E-state index contributed by atoms with van der Waals surface area (Å²) >= 11 is 0. The van der Waals surface area contributed by atoms with Crippen LogP contribution in [0.3, 0.4) is 0 Å². The Hall–Kier alpha value is -3.13. The van der Waals surface area contributed by atoms with Crippen LogP contribution in [-0.2, 0) is 4.79 Å². The lowest BCUT2D eigenvalue weighted by Gasteiger charge is -2.26. The molecule has 2 aromatic rings. The van der Waals surface area contributed by atoms with Gasteiger partial charge in [-0.1, -0.05) is 13.0 Å². The summed E-state index contributed by atoms with van der Waals surface area (Å²) < 4.78 is 13.7. The lowest BCUT2D eigenvalue weighted by atomic mass is 10.1. The zero-order chi connectivity index (χ0) is 22.8. The number of aryl methyl sites for hydroxylation is 2. The second-order valence-electron chi connectivity index (χ2n) is 8.39. The van der Waals surface area contributed by atoms with Crippen LogP contribution in [0.1, 0.15) is 35.1 Å². The average Bonchev–Trinajstić information content (AvgIpc) is 3.32. The van der Waals surface area contributed by atoms with E-state index in [1.807, 2.05) is 27.0 Å². The van der Waals surface area contributed by atoms with Crippen LogP contribution >= 0.6 is 0 Å². The molecule has 2 aliphatic rings. The number of fused-ring (bicyclic) bond motifs is 1. The van der Waals surface area contributed by atoms with Gasteiger partial charge in [0.2, 0.25) is 5.91 Å². The maximum Gasteiger partial charge on any atom is 0.261 e.